The van der Waals surface area contributed by atoms with Crippen LogP contribution in [0.15, 0.2) is 18.3 Å². The van der Waals surface area contributed by atoms with Crippen molar-refractivity contribution in [1.29, 1.82) is 0 Å². The largest absolute Gasteiger partial charge is 0.495 e. The molecule has 20 heavy (non-hydrogen) atoms. The zero-order valence-electron chi connectivity index (χ0n) is 13.0. The molecule has 0 amide bonds. The van der Waals surface area contributed by atoms with E-state index in [0.29, 0.717) is 0 Å². The maximum atomic E-state index is 6.16. The molecule has 0 N–H and O–H groups in total. The first-order valence-electron chi connectivity index (χ1n) is 6.99. The average Bonchev–Trinajstić information content (AvgIpc) is 2.78. The van der Waals surface area contributed by atoms with Crippen LogP contribution in [0.2, 0.25) is 0 Å². The van der Waals surface area contributed by atoms with E-state index in [4.69, 9.17) is 9.31 Å². The second-order valence-electron chi connectivity index (χ2n) is 6.61. The summed E-state index contributed by atoms with van der Waals surface area (Å²) in [5.74, 6) is 0. The highest BCUT2D eigenvalue weighted by Gasteiger charge is 2.52. The third-order valence-corrected chi connectivity index (χ3v) is 4.50. The van der Waals surface area contributed by atoms with Crippen molar-refractivity contribution >= 4 is 23.6 Å². The summed E-state index contributed by atoms with van der Waals surface area (Å²) < 4.78 is 14.4. The van der Waals surface area contributed by atoms with Crippen molar-refractivity contribution in [2.75, 3.05) is 0 Å². The fraction of sp³-hybridized carbons (Fsp3) is 0.533. The monoisotopic (exact) mass is 272 g/mol. The van der Waals surface area contributed by atoms with Gasteiger partial charge < -0.3 is 13.9 Å². The van der Waals surface area contributed by atoms with Gasteiger partial charge in [0.05, 0.1) is 11.2 Å². The Bertz CT molecular complexity index is 660. The van der Waals surface area contributed by atoms with Crippen LogP contribution in [0, 0.1) is 6.92 Å². The maximum absolute atomic E-state index is 6.16. The average molecular weight is 272 g/mol. The third kappa shape index (κ3) is 1.88. The number of nitrogens with zero attached hydrogens (tertiary/aromatic N) is 2. The van der Waals surface area contributed by atoms with Crippen molar-refractivity contribution in [3.63, 3.8) is 0 Å². The number of aromatic nitrogens is 2. The van der Waals surface area contributed by atoms with E-state index in [1.807, 2.05) is 24.7 Å². The minimum absolute atomic E-state index is 0.323. The molecule has 0 atom stereocenters. The highest BCUT2D eigenvalue weighted by Crippen LogP contribution is 2.37. The second kappa shape index (κ2) is 4.09. The van der Waals surface area contributed by atoms with Crippen molar-refractivity contribution in [2.24, 2.45) is 7.05 Å². The summed E-state index contributed by atoms with van der Waals surface area (Å²) in [6, 6.07) is 4.13. The fourth-order valence-corrected chi connectivity index (χ4v) is 2.55. The number of hydrogen-bond acceptors (Lipinski definition) is 3. The van der Waals surface area contributed by atoms with Gasteiger partial charge in [-0.25, -0.2) is 4.98 Å². The van der Waals surface area contributed by atoms with E-state index in [1.54, 1.807) is 0 Å². The van der Waals surface area contributed by atoms with Crippen LogP contribution in [0.1, 0.15) is 33.4 Å². The van der Waals surface area contributed by atoms with E-state index in [-0.39, 0.29) is 18.3 Å². The summed E-state index contributed by atoms with van der Waals surface area (Å²) in [7, 11) is 1.66. The van der Waals surface area contributed by atoms with Crippen molar-refractivity contribution in [3.05, 3.63) is 24.0 Å². The Hall–Kier alpha value is -1.33. The van der Waals surface area contributed by atoms with Gasteiger partial charge in [0.15, 0.2) is 0 Å². The molecule has 0 aromatic carbocycles. The molecular formula is C15H21BN2O2. The molecule has 0 spiro atoms. The molecule has 0 bridgehead atoms. The van der Waals surface area contributed by atoms with Gasteiger partial charge in [0.2, 0.25) is 0 Å². The maximum Gasteiger partial charge on any atom is 0.495 e. The molecule has 1 aliphatic rings. The molecule has 106 valence electrons. The Balaban J connectivity index is 2.12. The molecular weight excluding hydrogens is 251 g/mol. The number of pyridine rings is 1. The lowest BCUT2D eigenvalue weighted by molar-refractivity contribution is 0.00578. The van der Waals surface area contributed by atoms with Crippen LogP contribution in [-0.2, 0) is 16.4 Å². The zero-order valence-corrected chi connectivity index (χ0v) is 13.0. The smallest absolute Gasteiger partial charge is 0.399 e. The SMILES string of the molecule is Cc1cc(B2OC(C)(C)C(C)(C)O2)c2ccn(C)c2n1. The lowest BCUT2D eigenvalue weighted by atomic mass is 9.77. The minimum Gasteiger partial charge on any atom is -0.399 e. The predicted molar refractivity (Wildman–Crippen MR) is 81.2 cm³/mol. The van der Waals surface area contributed by atoms with Crippen LogP contribution >= 0.6 is 0 Å². The van der Waals surface area contributed by atoms with Gasteiger partial charge in [-0.05, 0) is 52.2 Å². The number of rotatable bonds is 1. The molecule has 0 unspecified atom stereocenters. The second-order valence-corrected chi connectivity index (χ2v) is 6.61. The molecule has 3 heterocycles. The van der Waals surface area contributed by atoms with Crippen LogP contribution in [0.4, 0.5) is 0 Å². The molecule has 0 saturated carbocycles. The summed E-state index contributed by atoms with van der Waals surface area (Å²) in [6.45, 7) is 10.3. The van der Waals surface area contributed by atoms with Gasteiger partial charge in [-0.2, -0.15) is 0 Å². The first-order chi connectivity index (χ1) is 9.21. The number of fused-ring (bicyclic) bond motifs is 1. The van der Waals surface area contributed by atoms with Crippen LogP contribution in [0.3, 0.4) is 0 Å². The van der Waals surface area contributed by atoms with Gasteiger partial charge in [-0.15, -0.1) is 0 Å². The normalized spacial score (nSPS) is 20.8. The van der Waals surface area contributed by atoms with E-state index in [1.165, 1.54) is 0 Å². The topological polar surface area (TPSA) is 36.3 Å². The Morgan fingerprint density at radius 2 is 1.75 bits per heavy atom. The first kappa shape index (κ1) is 13.6. The highest BCUT2D eigenvalue weighted by atomic mass is 16.7. The molecule has 4 nitrogen and oxygen atoms in total. The zero-order chi connectivity index (χ0) is 14.7. The quantitative estimate of drug-likeness (QED) is 0.746. The minimum atomic E-state index is -0.341. The van der Waals surface area contributed by atoms with Crippen molar-refractivity contribution in [1.82, 2.24) is 9.55 Å². The van der Waals surface area contributed by atoms with Gasteiger partial charge >= 0.3 is 7.12 Å². The van der Waals surface area contributed by atoms with Gasteiger partial charge in [-0.1, -0.05) is 0 Å². The molecule has 1 fully saturated rings. The molecule has 1 aliphatic heterocycles. The van der Waals surface area contributed by atoms with E-state index in [9.17, 15) is 0 Å². The summed E-state index contributed by atoms with van der Waals surface area (Å²) in [6.07, 6.45) is 2.02. The van der Waals surface area contributed by atoms with E-state index < -0.39 is 0 Å². The number of hydrogen-bond donors (Lipinski definition) is 0. The van der Waals surface area contributed by atoms with Crippen LogP contribution in [-0.4, -0.2) is 27.9 Å². The molecule has 1 saturated heterocycles. The lowest BCUT2D eigenvalue weighted by Gasteiger charge is -2.32. The third-order valence-electron chi connectivity index (χ3n) is 4.50. The van der Waals surface area contributed by atoms with Gasteiger partial charge in [0.25, 0.3) is 0 Å². The van der Waals surface area contributed by atoms with Crippen LogP contribution in [0.25, 0.3) is 11.0 Å². The molecule has 5 heteroatoms. The summed E-state index contributed by atoms with van der Waals surface area (Å²) in [5.41, 5.74) is 2.36. The first-order valence-corrected chi connectivity index (χ1v) is 6.99. The van der Waals surface area contributed by atoms with Gasteiger partial charge in [-0.3, -0.25) is 0 Å². The van der Waals surface area contributed by atoms with Crippen LogP contribution in [0.5, 0.6) is 0 Å². The van der Waals surface area contributed by atoms with E-state index >= 15 is 0 Å². The van der Waals surface area contributed by atoms with Gasteiger partial charge in [0, 0.05) is 24.3 Å². The van der Waals surface area contributed by atoms with Crippen LogP contribution < -0.4 is 5.46 Å². The Labute approximate surface area is 120 Å². The van der Waals surface area contributed by atoms with Crippen molar-refractivity contribution in [3.8, 4) is 0 Å². The summed E-state index contributed by atoms with van der Waals surface area (Å²) >= 11 is 0. The van der Waals surface area contributed by atoms with Crippen molar-refractivity contribution in [2.45, 2.75) is 45.8 Å². The Kier molecular flexibility index (Phi) is 2.79. The molecule has 0 radical (unpaired) electrons. The van der Waals surface area contributed by atoms with Gasteiger partial charge in [0.1, 0.15) is 5.65 Å². The van der Waals surface area contributed by atoms with E-state index in [2.05, 4.69) is 44.8 Å². The summed E-state index contributed by atoms with van der Waals surface area (Å²) in [4.78, 5) is 4.59. The molecule has 2 aromatic heterocycles. The molecule has 3 rings (SSSR count). The van der Waals surface area contributed by atoms with E-state index in [0.717, 1.165) is 22.2 Å². The highest BCUT2D eigenvalue weighted by molar-refractivity contribution is 6.65. The standard InChI is InChI=1S/C15H21BN2O2/c1-10-9-12(11-7-8-18(6)13(11)17-10)16-19-14(2,3)15(4,5)20-16/h7-9H,1-6H3. The number of aryl methyl sites for hydroxylation is 2. The lowest BCUT2D eigenvalue weighted by Crippen LogP contribution is -2.41. The Morgan fingerprint density at radius 3 is 2.35 bits per heavy atom. The molecule has 0 aliphatic carbocycles. The van der Waals surface area contributed by atoms with Crippen molar-refractivity contribution < 1.29 is 9.31 Å². The molecule has 2 aromatic rings. The Morgan fingerprint density at radius 1 is 1.15 bits per heavy atom. The summed E-state index contributed by atoms with van der Waals surface area (Å²) in [5, 5.41) is 1.09. The fourth-order valence-electron chi connectivity index (χ4n) is 2.55. The predicted octanol–water partition coefficient (Wildman–Crippen LogP) is 2.18.